The van der Waals surface area contributed by atoms with Crippen LogP contribution in [0.1, 0.15) is 29.0 Å². The summed E-state index contributed by atoms with van der Waals surface area (Å²) in [5, 5.41) is 7.48. The summed E-state index contributed by atoms with van der Waals surface area (Å²) in [6.07, 6.45) is 2.80. The quantitative estimate of drug-likeness (QED) is 0.660. The number of aromatic nitrogens is 2. The van der Waals surface area contributed by atoms with Crippen LogP contribution in [0.15, 0.2) is 65.3 Å². The number of anilines is 1. The van der Waals surface area contributed by atoms with Gasteiger partial charge in [-0.3, -0.25) is 9.48 Å². The van der Waals surface area contributed by atoms with Gasteiger partial charge in [0.25, 0.3) is 0 Å². The number of nitrogens with zero attached hydrogens (tertiary/aromatic N) is 2. The van der Waals surface area contributed by atoms with Crippen molar-refractivity contribution in [3.05, 3.63) is 82.0 Å². The molecule has 0 bridgehead atoms. The summed E-state index contributed by atoms with van der Waals surface area (Å²) in [6.45, 7) is 2.74. The van der Waals surface area contributed by atoms with Crippen molar-refractivity contribution in [2.45, 2.75) is 25.8 Å². The molecule has 3 aromatic rings. The van der Waals surface area contributed by atoms with Crippen molar-refractivity contribution in [3.8, 4) is 0 Å². The highest BCUT2D eigenvalue weighted by Crippen LogP contribution is 2.48. The van der Waals surface area contributed by atoms with Crippen molar-refractivity contribution in [1.82, 2.24) is 9.78 Å². The lowest BCUT2D eigenvalue weighted by molar-refractivity contribution is -0.117. The number of carbonyl (C=O) groups excluding carboxylic acids is 1. The first kappa shape index (κ1) is 17.0. The number of carbonyl (C=O) groups is 1. The van der Waals surface area contributed by atoms with Crippen LogP contribution in [0.3, 0.4) is 0 Å². The highest BCUT2D eigenvalue weighted by Gasteiger charge is 2.44. The van der Waals surface area contributed by atoms with Crippen molar-refractivity contribution in [3.63, 3.8) is 0 Å². The topological polar surface area (TPSA) is 46.9 Å². The molecule has 0 aliphatic heterocycles. The molecule has 0 radical (unpaired) electrons. The Hall–Kier alpha value is -2.40. The average molecular weight is 410 g/mol. The van der Waals surface area contributed by atoms with Gasteiger partial charge in [-0.15, -0.1) is 0 Å². The fraction of sp³-hybridized carbons (Fsp3) is 0.238. The van der Waals surface area contributed by atoms with Gasteiger partial charge in [-0.1, -0.05) is 60.2 Å². The van der Waals surface area contributed by atoms with Gasteiger partial charge in [0, 0.05) is 12.1 Å². The fourth-order valence-corrected chi connectivity index (χ4v) is 3.62. The molecule has 1 amide bonds. The molecule has 1 fully saturated rings. The van der Waals surface area contributed by atoms with E-state index in [-0.39, 0.29) is 11.8 Å². The monoisotopic (exact) mass is 409 g/mol. The van der Waals surface area contributed by atoms with Gasteiger partial charge < -0.3 is 5.32 Å². The smallest absolute Gasteiger partial charge is 0.229 e. The Bertz CT molecular complexity index is 918. The maximum atomic E-state index is 12.5. The maximum absolute atomic E-state index is 12.5. The summed E-state index contributed by atoms with van der Waals surface area (Å²) in [4.78, 5) is 12.5. The summed E-state index contributed by atoms with van der Waals surface area (Å²) in [6, 6.07) is 18.6. The standard InChI is InChI=1S/C21H20BrN3O/c1-14-7-9-15(10-8-14)12-25-13-19(22)20(24-25)23-21(26)18-11-17(18)16-5-3-2-4-6-16/h2-10,13,17-18H,11-12H2,1H3,(H,23,24,26)/t17-,18+/m0/s1. The number of rotatable bonds is 5. The second-order valence-corrected chi connectivity index (χ2v) is 7.71. The second kappa shape index (κ2) is 7.08. The molecule has 4 rings (SSSR count). The van der Waals surface area contributed by atoms with Crippen LogP contribution < -0.4 is 5.32 Å². The Kier molecular flexibility index (Phi) is 4.64. The van der Waals surface area contributed by atoms with Crippen LogP contribution >= 0.6 is 15.9 Å². The highest BCUT2D eigenvalue weighted by atomic mass is 79.9. The number of hydrogen-bond acceptors (Lipinski definition) is 2. The van der Waals surface area contributed by atoms with Crippen molar-refractivity contribution in [2.75, 3.05) is 5.32 Å². The summed E-state index contributed by atoms with van der Waals surface area (Å²) < 4.78 is 2.64. The van der Waals surface area contributed by atoms with E-state index in [1.807, 2.05) is 29.1 Å². The van der Waals surface area contributed by atoms with E-state index in [1.54, 1.807) is 0 Å². The van der Waals surface area contributed by atoms with Crippen LogP contribution in [-0.4, -0.2) is 15.7 Å². The fourth-order valence-electron chi connectivity index (χ4n) is 3.21. The van der Waals surface area contributed by atoms with Crippen LogP contribution in [-0.2, 0) is 11.3 Å². The van der Waals surface area contributed by atoms with E-state index in [2.05, 4.69) is 69.7 Å². The Morgan fingerprint density at radius 1 is 1.19 bits per heavy atom. The molecule has 132 valence electrons. The van der Waals surface area contributed by atoms with Crippen LogP contribution in [0, 0.1) is 12.8 Å². The number of aryl methyl sites for hydroxylation is 1. The lowest BCUT2D eigenvalue weighted by Crippen LogP contribution is -2.15. The summed E-state index contributed by atoms with van der Waals surface area (Å²) in [7, 11) is 0. The van der Waals surface area contributed by atoms with Crippen molar-refractivity contribution in [1.29, 1.82) is 0 Å². The van der Waals surface area contributed by atoms with Crippen LogP contribution in [0.25, 0.3) is 0 Å². The molecule has 1 aliphatic carbocycles. The van der Waals surface area contributed by atoms with Gasteiger partial charge in [0.15, 0.2) is 5.82 Å². The van der Waals surface area contributed by atoms with E-state index in [9.17, 15) is 4.79 Å². The third kappa shape index (κ3) is 3.73. The van der Waals surface area contributed by atoms with E-state index in [0.717, 1.165) is 10.9 Å². The first-order chi connectivity index (χ1) is 12.6. The predicted octanol–water partition coefficient (Wildman–Crippen LogP) is 4.74. The van der Waals surface area contributed by atoms with Crippen LogP contribution in [0.5, 0.6) is 0 Å². The molecular formula is C21H20BrN3O. The normalized spacial score (nSPS) is 18.5. The van der Waals surface area contributed by atoms with Crippen LogP contribution in [0.2, 0.25) is 0 Å². The third-order valence-corrected chi connectivity index (χ3v) is 5.36. The maximum Gasteiger partial charge on any atom is 0.229 e. The Balaban J connectivity index is 1.40. The molecule has 1 saturated carbocycles. The molecule has 1 aromatic heterocycles. The highest BCUT2D eigenvalue weighted by molar-refractivity contribution is 9.10. The number of benzene rings is 2. The van der Waals surface area contributed by atoms with Gasteiger partial charge in [-0.05, 0) is 46.3 Å². The van der Waals surface area contributed by atoms with E-state index >= 15 is 0 Å². The van der Waals surface area contributed by atoms with Crippen molar-refractivity contribution in [2.24, 2.45) is 5.92 Å². The number of halogens is 1. The zero-order valence-corrected chi connectivity index (χ0v) is 16.1. The van der Waals surface area contributed by atoms with Gasteiger partial charge in [-0.25, -0.2) is 0 Å². The molecule has 2 atom stereocenters. The van der Waals surface area contributed by atoms with Gasteiger partial charge >= 0.3 is 0 Å². The molecule has 1 N–H and O–H groups in total. The summed E-state index contributed by atoms with van der Waals surface area (Å²) >= 11 is 3.50. The van der Waals surface area contributed by atoms with Crippen LogP contribution in [0.4, 0.5) is 5.82 Å². The Labute approximate surface area is 161 Å². The molecule has 0 saturated heterocycles. The number of hydrogen-bond donors (Lipinski definition) is 1. The Morgan fingerprint density at radius 3 is 2.65 bits per heavy atom. The van der Waals surface area contributed by atoms with E-state index in [1.165, 1.54) is 16.7 Å². The van der Waals surface area contributed by atoms with E-state index in [0.29, 0.717) is 18.3 Å². The van der Waals surface area contributed by atoms with E-state index in [4.69, 9.17) is 0 Å². The zero-order valence-electron chi connectivity index (χ0n) is 14.5. The van der Waals surface area contributed by atoms with Gasteiger partial charge in [-0.2, -0.15) is 5.10 Å². The zero-order chi connectivity index (χ0) is 18.1. The molecule has 5 heteroatoms. The summed E-state index contributed by atoms with van der Waals surface area (Å²) in [5.74, 6) is 0.983. The summed E-state index contributed by atoms with van der Waals surface area (Å²) in [5.41, 5.74) is 3.65. The van der Waals surface area contributed by atoms with Gasteiger partial charge in [0.2, 0.25) is 5.91 Å². The molecule has 1 aliphatic rings. The average Bonchev–Trinajstić information content (AvgIpc) is 3.38. The van der Waals surface area contributed by atoms with Gasteiger partial charge in [0.05, 0.1) is 11.0 Å². The molecule has 2 aromatic carbocycles. The molecule has 0 unspecified atom stereocenters. The molecule has 0 spiro atoms. The largest absolute Gasteiger partial charge is 0.308 e. The Morgan fingerprint density at radius 2 is 1.92 bits per heavy atom. The molecule has 4 nitrogen and oxygen atoms in total. The first-order valence-corrected chi connectivity index (χ1v) is 9.54. The van der Waals surface area contributed by atoms with E-state index < -0.39 is 0 Å². The number of nitrogens with one attached hydrogen (secondary N) is 1. The molecular weight excluding hydrogens is 390 g/mol. The molecule has 26 heavy (non-hydrogen) atoms. The predicted molar refractivity (Wildman–Crippen MR) is 106 cm³/mol. The number of amides is 1. The minimum Gasteiger partial charge on any atom is -0.308 e. The first-order valence-electron chi connectivity index (χ1n) is 8.74. The lowest BCUT2D eigenvalue weighted by Gasteiger charge is -2.04. The van der Waals surface area contributed by atoms with Crippen molar-refractivity contribution >= 4 is 27.7 Å². The minimum atomic E-state index is 0.0338. The second-order valence-electron chi connectivity index (χ2n) is 6.86. The van der Waals surface area contributed by atoms with Crippen molar-refractivity contribution < 1.29 is 4.79 Å². The SMILES string of the molecule is Cc1ccc(Cn2cc(Br)c(NC(=O)[C@@H]3C[C@H]3c3ccccc3)n2)cc1. The molecule has 1 heterocycles. The van der Waals surface area contributed by atoms with Gasteiger partial charge in [0.1, 0.15) is 0 Å². The lowest BCUT2D eigenvalue weighted by atomic mass is 10.1. The minimum absolute atomic E-state index is 0.0338. The third-order valence-electron chi connectivity index (χ3n) is 4.78.